The number of hydrogen-bond acceptors (Lipinski definition) is 3. The number of rotatable bonds is 3. The maximum Gasteiger partial charge on any atom is 0.356 e. The first-order valence-electron chi connectivity index (χ1n) is 5.46. The minimum atomic E-state index is -1.06. The molecule has 3 N–H and O–H groups in total. The number of carbonyl (C=O) groups is 1. The first-order chi connectivity index (χ1) is 9.08. The number of carboxylic acid groups (broad SMARTS) is 1. The van der Waals surface area contributed by atoms with Gasteiger partial charge in [-0.25, -0.2) is 4.79 Å². The summed E-state index contributed by atoms with van der Waals surface area (Å²) in [5.74, 6) is -1.06. The normalized spacial score (nSPS) is 9.95. The van der Waals surface area contributed by atoms with E-state index in [1.165, 1.54) is 10.9 Å². The van der Waals surface area contributed by atoms with Crippen molar-refractivity contribution in [1.82, 2.24) is 9.78 Å². The lowest BCUT2D eigenvalue weighted by Gasteiger charge is -2.09. The first-order valence-corrected chi connectivity index (χ1v) is 5.87. The van der Waals surface area contributed by atoms with E-state index in [-0.39, 0.29) is 5.69 Å². The van der Waals surface area contributed by atoms with E-state index in [1.54, 1.807) is 7.05 Å². The zero-order chi connectivity index (χ0) is 13.8. The Labute approximate surface area is 115 Å². The molecule has 2 aromatic rings. The van der Waals surface area contributed by atoms with E-state index in [4.69, 9.17) is 17.3 Å². The van der Waals surface area contributed by atoms with Gasteiger partial charge in [0.1, 0.15) is 0 Å². The van der Waals surface area contributed by atoms with E-state index < -0.39 is 5.97 Å². The molecule has 0 saturated carbocycles. The predicted molar refractivity (Wildman–Crippen MR) is 76.5 cm³/mol. The Morgan fingerprint density at radius 1 is 1.32 bits per heavy atom. The Balaban J connectivity index is 2.10. The van der Waals surface area contributed by atoms with Gasteiger partial charge in [-0.15, -0.1) is 0 Å². The predicted octanol–water partition coefficient (Wildman–Crippen LogP) is 1.93. The van der Waals surface area contributed by atoms with Crippen molar-refractivity contribution < 1.29 is 9.90 Å². The van der Waals surface area contributed by atoms with Crippen LogP contribution >= 0.6 is 12.2 Å². The van der Waals surface area contributed by atoms with Crippen LogP contribution in [0.5, 0.6) is 0 Å². The summed E-state index contributed by atoms with van der Waals surface area (Å²) in [6.07, 6.45) is 1.42. The van der Waals surface area contributed by atoms with Crippen molar-refractivity contribution in [2.24, 2.45) is 7.05 Å². The zero-order valence-electron chi connectivity index (χ0n) is 10.1. The molecule has 0 amide bonds. The maximum absolute atomic E-state index is 11.1. The molecule has 6 nitrogen and oxygen atoms in total. The second-order valence-electron chi connectivity index (χ2n) is 3.78. The van der Waals surface area contributed by atoms with Crippen LogP contribution in [0, 0.1) is 0 Å². The topological polar surface area (TPSA) is 79.2 Å². The van der Waals surface area contributed by atoms with Crippen LogP contribution in [0.15, 0.2) is 36.5 Å². The number of aromatic carboxylic acids is 1. The number of anilines is 2. The Kier molecular flexibility index (Phi) is 3.76. The van der Waals surface area contributed by atoms with Gasteiger partial charge in [-0.05, 0) is 24.4 Å². The molecule has 98 valence electrons. The minimum Gasteiger partial charge on any atom is -0.476 e. The Morgan fingerprint density at radius 3 is 2.63 bits per heavy atom. The number of aromatic nitrogens is 2. The highest BCUT2D eigenvalue weighted by atomic mass is 32.1. The molecule has 0 aliphatic carbocycles. The molecule has 0 unspecified atom stereocenters. The highest BCUT2D eigenvalue weighted by Gasteiger charge is 2.16. The molecular formula is C12H12N4O2S. The number of nitrogens with zero attached hydrogens (tertiary/aromatic N) is 2. The second kappa shape index (κ2) is 5.49. The third-order valence-electron chi connectivity index (χ3n) is 2.42. The summed E-state index contributed by atoms with van der Waals surface area (Å²) < 4.78 is 1.27. The summed E-state index contributed by atoms with van der Waals surface area (Å²) in [5.41, 5.74) is 1.22. The first kappa shape index (κ1) is 13.0. The third-order valence-corrected chi connectivity index (χ3v) is 2.63. The average Bonchev–Trinajstić information content (AvgIpc) is 2.71. The molecule has 0 spiro atoms. The Morgan fingerprint density at radius 2 is 2.00 bits per heavy atom. The molecule has 0 aliphatic heterocycles. The van der Waals surface area contributed by atoms with Crippen molar-refractivity contribution in [3.63, 3.8) is 0 Å². The molecule has 0 fully saturated rings. The van der Waals surface area contributed by atoms with Gasteiger partial charge in [-0.2, -0.15) is 5.10 Å². The van der Waals surface area contributed by atoms with Gasteiger partial charge in [0.05, 0.1) is 11.9 Å². The van der Waals surface area contributed by atoms with Gasteiger partial charge in [0.15, 0.2) is 10.8 Å². The lowest BCUT2D eigenvalue weighted by atomic mass is 10.3. The third kappa shape index (κ3) is 3.08. The number of thiocarbonyl (C=S) groups is 1. The monoisotopic (exact) mass is 276 g/mol. The number of benzene rings is 1. The highest BCUT2D eigenvalue weighted by Crippen LogP contribution is 2.14. The van der Waals surface area contributed by atoms with Crippen molar-refractivity contribution in [2.45, 2.75) is 0 Å². The van der Waals surface area contributed by atoms with Crippen molar-refractivity contribution in [3.05, 3.63) is 42.2 Å². The van der Waals surface area contributed by atoms with Gasteiger partial charge < -0.3 is 15.7 Å². The molecule has 0 bridgehead atoms. The van der Waals surface area contributed by atoms with Gasteiger partial charge >= 0.3 is 5.97 Å². The number of aryl methyl sites for hydroxylation is 1. The number of hydrogen-bond donors (Lipinski definition) is 3. The average molecular weight is 276 g/mol. The van der Waals surface area contributed by atoms with E-state index >= 15 is 0 Å². The summed E-state index contributed by atoms with van der Waals surface area (Å²) in [6, 6.07) is 9.35. The standard InChI is InChI=1S/C12H12N4O2S/c1-16-10(11(17)18)9(7-13-16)15-12(19)14-8-5-3-2-4-6-8/h2-7H,1H3,(H,17,18)(H2,14,15,19). The fourth-order valence-corrected chi connectivity index (χ4v) is 1.82. The van der Waals surface area contributed by atoms with Crippen LogP contribution in [-0.2, 0) is 7.05 Å². The molecule has 7 heteroatoms. The van der Waals surface area contributed by atoms with Crippen LogP contribution in [-0.4, -0.2) is 26.0 Å². The smallest absolute Gasteiger partial charge is 0.356 e. The summed E-state index contributed by atoms with van der Waals surface area (Å²) in [6.45, 7) is 0. The molecule has 19 heavy (non-hydrogen) atoms. The molecular weight excluding hydrogens is 264 g/mol. The Hall–Kier alpha value is -2.41. The van der Waals surface area contributed by atoms with E-state index in [9.17, 15) is 4.79 Å². The number of para-hydroxylation sites is 1. The van der Waals surface area contributed by atoms with Crippen molar-refractivity contribution in [3.8, 4) is 0 Å². The quantitative estimate of drug-likeness (QED) is 0.743. The molecule has 1 aromatic carbocycles. The summed E-state index contributed by atoms with van der Waals surface area (Å²) >= 11 is 5.12. The van der Waals surface area contributed by atoms with Crippen LogP contribution < -0.4 is 10.6 Å². The van der Waals surface area contributed by atoms with Gasteiger partial charge in [0.2, 0.25) is 0 Å². The molecule has 0 atom stereocenters. The molecule has 1 heterocycles. The summed E-state index contributed by atoms with van der Waals surface area (Å²) in [5, 5.41) is 19.0. The van der Waals surface area contributed by atoms with E-state index in [0.29, 0.717) is 10.8 Å². The van der Waals surface area contributed by atoms with E-state index in [0.717, 1.165) is 5.69 Å². The van der Waals surface area contributed by atoms with Crippen molar-refractivity contribution in [2.75, 3.05) is 10.6 Å². The van der Waals surface area contributed by atoms with Crippen LogP contribution in [0.25, 0.3) is 0 Å². The van der Waals surface area contributed by atoms with Gasteiger partial charge in [-0.1, -0.05) is 18.2 Å². The lowest BCUT2D eigenvalue weighted by Crippen LogP contribution is -2.20. The second-order valence-corrected chi connectivity index (χ2v) is 4.19. The molecule has 0 aliphatic rings. The highest BCUT2D eigenvalue weighted by molar-refractivity contribution is 7.80. The maximum atomic E-state index is 11.1. The van der Waals surface area contributed by atoms with Crippen molar-refractivity contribution >= 4 is 34.7 Å². The fraction of sp³-hybridized carbons (Fsp3) is 0.0833. The van der Waals surface area contributed by atoms with Crippen molar-refractivity contribution in [1.29, 1.82) is 0 Å². The van der Waals surface area contributed by atoms with Crippen LogP contribution in [0.1, 0.15) is 10.5 Å². The molecule has 0 radical (unpaired) electrons. The molecule has 2 rings (SSSR count). The summed E-state index contributed by atoms with van der Waals surface area (Å²) in [7, 11) is 1.56. The van der Waals surface area contributed by atoms with Crippen LogP contribution in [0.4, 0.5) is 11.4 Å². The van der Waals surface area contributed by atoms with Crippen LogP contribution in [0.2, 0.25) is 0 Å². The fourth-order valence-electron chi connectivity index (χ4n) is 1.59. The van der Waals surface area contributed by atoms with Gasteiger partial charge in [0, 0.05) is 12.7 Å². The number of nitrogens with one attached hydrogen (secondary N) is 2. The lowest BCUT2D eigenvalue weighted by molar-refractivity contribution is 0.0686. The van der Waals surface area contributed by atoms with Crippen LogP contribution in [0.3, 0.4) is 0 Å². The molecule has 0 saturated heterocycles. The van der Waals surface area contributed by atoms with E-state index in [1.807, 2.05) is 30.3 Å². The van der Waals surface area contributed by atoms with E-state index in [2.05, 4.69) is 15.7 Å². The largest absolute Gasteiger partial charge is 0.476 e. The number of carboxylic acids is 1. The van der Waals surface area contributed by atoms with Gasteiger partial charge in [-0.3, -0.25) is 4.68 Å². The molecule has 1 aromatic heterocycles. The van der Waals surface area contributed by atoms with Gasteiger partial charge in [0.25, 0.3) is 0 Å². The Bertz CT molecular complexity index is 609. The minimum absolute atomic E-state index is 0.0530. The zero-order valence-corrected chi connectivity index (χ0v) is 10.9. The SMILES string of the molecule is Cn1ncc(NC(=S)Nc2ccccc2)c1C(=O)O. The summed E-state index contributed by atoms with van der Waals surface area (Å²) in [4.78, 5) is 11.1.